The smallest absolute Gasteiger partial charge is 0.303 e. The SMILES string of the molecule is CC1=C(C)CC(CC(=O)O)C1. The molecule has 0 bridgehead atoms. The molecule has 0 aromatic heterocycles. The molecule has 0 aromatic carbocycles. The zero-order valence-corrected chi connectivity index (χ0v) is 7.05. The number of hydrogen-bond acceptors (Lipinski definition) is 1. The van der Waals surface area contributed by atoms with Crippen molar-refractivity contribution in [3.8, 4) is 0 Å². The first kappa shape index (κ1) is 8.31. The summed E-state index contributed by atoms with van der Waals surface area (Å²) in [7, 11) is 0. The van der Waals surface area contributed by atoms with E-state index in [0.29, 0.717) is 12.3 Å². The highest BCUT2D eigenvalue weighted by atomic mass is 16.4. The Morgan fingerprint density at radius 3 is 2.27 bits per heavy atom. The summed E-state index contributed by atoms with van der Waals surface area (Å²) < 4.78 is 0. The van der Waals surface area contributed by atoms with E-state index >= 15 is 0 Å². The molecule has 0 radical (unpaired) electrons. The molecule has 0 heterocycles. The molecule has 2 nitrogen and oxygen atoms in total. The molecule has 0 unspecified atom stereocenters. The van der Waals surface area contributed by atoms with Crippen LogP contribution in [0.3, 0.4) is 0 Å². The van der Waals surface area contributed by atoms with Crippen LogP contribution in [0.4, 0.5) is 0 Å². The van der Waals surface area contributed by atoms with Crippen molar-refractivity contribution in [1.29, 1.82) is 0 Å². The lowest BCUT2D eigenvalue weighted by atomic mass is 10.0. The van der Waals surface area contributed by atoms with Crippen molar-refractivity contribution in [2.45, 2.75) is 33.1 Å². The Balaban J connectivity index is 2.42. The summed E-state index contributed by atoms with van der Waals surface area (Å²) in [6.07, 6.45) is 2.30. The Morgan fingerprint density at radius 1 is 1.45 bits per heavy atom. The number of carboxylic acids is 1. The second-order valence-corrected chi connectivity index (χ2v) is 3.43. The maximum atomic E-state index is 10.4. The van der Waals surface area contributed by atoms with E-state index in [4.69, 9.17) is 5.11 Å². The predicted octanol–water partition coefficient (Wildman–Crippen LogP) is 2.21. The molecule has 0 fully saturated rings. The number of carboxylic acid groups (broad SMARTS) is 1. The first-order valence-electron chi connectivity index (χ1n) is 3.96. The van der Waals surface area contributed by atoms with Gasteiger partial charge in [-0.1, -0.05) is 11.1 Å². The van der Waals surface area contributed by atoms with Crippen LogP contribution in [0.2, 0.25) is 0 Å². The van der Waals surface area contributed by atoms with Gasteiger partial charge >= 0.3 is 5.97 Å². The average molecular weight is 154 g/mol. The van der Waals surface area contributed by atoms with Gasteiger partial charge in [0.25, 0.3) is 0 Å². The van der Waals surface area contributed by atoms with Gasteiger partial charge in [0.05, 0.1) is 0 Å². The van der Waals surface area contributed by atoms with Crippen molar-refractivity contribution >= 4 is 5.97 Å². The van der Waals surface area contributed by atoms with Crippen LogP contribution in [0.25, 0.3) is 0 Å². The van der Waals surface area contributed by atoms with Crippen LogP contribution in [-0.2, 0) is 4.79 Å². The predicted molar refractivity (Wildman–Crippen MR) is 43.4 cm³/mol. The molecular weight excluding hydrogens is 140 g/mol. The molecule has 0 saturated heterocycles. The molecule has 0 aromatic rings. The lowest BCUT2D eigenvalue weighted by molar-refractivity contribution is -0.138. The molecule has 1 rings (SSSR count). The van der Waals surface area contributed by atoms with Gasteiger partial charge in [-0.2, -0.15) is 0 Å². The van der Waals surface area contributed by atoms with Crippen molar-refractivity contribution in [2.24, 2.45) is 5.92 Å². The summed E-state index contributed by atoms with van der Waals surface area (Å²) in [6, 6.07) is 0. The van der Waals surface area contributed by atoms with E-state index in [0.717, 1.165) is 12.8 Å². The number of aliphatic carboxylic acids is 1. The quantitative estimate of drug-likeness (QED) is 0.619. The fourth-order valence-electron chi connectivity index (χ4n) is 1.68. The Morgan fingerprint density at radius 2 is 1.91 bits per heavy atom. The average Bonchev–Trinajstić information content (AvgIpc) is 2.10. The minimum atomic E-state index is -0.669. The number of hydrogen-bond donors (Lipinski definition) is 1. The summed E-state index contributed by atoms with van der Waals surface area (Å²) in [6.45, 7) is 4.19. The van der Waals surface area contributed by atoms with Gasteiger partial charge in [-0.3, -0.25) is 4.79 Å². The molecule has 0 amide bonds. The van der Waals surface area contributed by atoms with E-state index in [9.17, 15) is 4.79 Å². The van der Waals surface area contributed by atoms with Gasteiger partial charge in [-0.25, -0.2) is 0 Å². The third kappa shape index (κ3) is 2.07. The van der Waals surface area contributed by atoms with Gasteiger partial charge in [0.2, 0.25) is 0 Å². The standard InChI is InChI=1S/C9H14O2/c1-6-3-8(4-7(6)2)5-9(10)11/h8H,3-5H2,1-2H3,(H,10,11). The van der Waals surface area contributed by atoms with Gasteiger partial charge in [-0.05, 0) is 32.6 Å². The first-order chi connectivity index (χ1) is 5.09. The molecule has 1 aliphatic rings. The van der Waals surface area contributed by atoms with Crippen LogP contribution >= 0.6 is 0 Å². The van der Waals surface area contributed by atoms with Crippen molar-refractivity contribution < 1.29 is 9.90 Å². The molecule has 2 heteroatoms. The highest BCUT2D eigenvalue weighted by Gasteiger charge is 2.20. The van der Waals surface area contributed by atoms with Crippen LogP contribution in [0.5, 0.6) is 0 Å². The molecular formula is C9H14O2. The van der Waals surface area contributed by atoms with Crippen molar-refractivity contribution in [3.05, 3.63) is 11.1 Å². The summed E-state index contributed by atoms with van der Waals surface area (Å²) in [4.78, 5) is 10.4. The monoisotopic (exact) mass is 154 g/mol. The topological polar surface area (TPSA) is 37.3 Å². The third-order valence-corrected chi connectivity index (χ3v) is 2.38. The second kappa shape index (κ2) is 3.07. The summed E-state index contributed by atoms with van der Waals surface area (Å²) in [5, 5.41) is 8.53. The Labute approximate surface area is 66.9 Å². The number of carbonyl (C=O) groups is 1. The lowest BCUT2D eigenvalue weighted by Crippen LogP contribution is -2.04. The highest BCUT2D eigenvalue weighted by molar-refractivity contribution is 5.67. The van der Waals surface area contributed by atoms with Crippen molar-refractivity contribution in [1.82, 2.24) is 0 Å². The van der Waals surface area contributed by atoms with E-state index in [1.165, 1.54) is 11.1 Å². The zero-order valence-electron chi connectivity index (χ0n) is 7.05. The van der Waals surface area contributed by atoms with E-state index in [1.807, 2.05) is 0 Å². The van der Waals surface area contributed by atoms with Crippen LogP contribution in [0.15, 0.2) is 11.1 Å². The molecule has 1 aliphatic carbocycles. The van der Waals surface area contributed by atoms with E-state index in [-0.39, 0.29) is 0 Å². The lowest BCUT2D eigenvalue weighted by Gasteiger charge is -2.04. The summed E-state index contributed by atoms with van der Waals surface area (Å²) in [5.74, 6) is -0.301. The van der Waals surface area contributed by atoms with Gasteiger partial charge in [0.15, 0.2) is 0 Å². The minimum Gasteiger partial charge on any atom is -0.481 e. The molecule has 0 saturated carbocycles. The normalized spacial score (nSPS) is 19.5. The summed E-state index contributed by atoms with van der Waals surface area (Å²) in [5.41, 5.74) is 2.77. The Kier molecular flexibility index (Phi) is 2.32. The minimum absolute atomic E-state index is 0.328. The van der Waals surface area contributed by atoms with Crippen LogP contribution in [0.1, 0.15) is 33.1 Å². The van der Waals surface area contributed by atoms with Gasteiger partial charge < -0.3 is 5.11 Å². The van der Waals surface area contributed by atoms with Crippen molar-refractivity contribution in [3.63, 3.8) is 0 Å². The molecule has 0 atom stereocenters. The van der Waals surface area contributed by atoms with Gasteiger partial charge in [0, 0.05) is 6.42 Å². The molecule has 0 spiro atoms. The van der Waals surface area contributed by atoms with Gasteiger partial charge in [0.1, 0.15) is 0 Å². The molecule has 11 heavy (non-hydrogen) atoms. The fraction of sp³-hybridized carbons (Fsp3) is 0.667. The number of allylic oxidation sites excluding steroid dienone is 2. The summed E-state index contributed by atoms with van der Waals surface area (Å²) >= 11 is 0. The fourth-order valence-corrected chi connectivity index (χ4v) is 1.68. The highest BCUT2D eigenvalue weighted by Crippen LogP contribution is 2.32. The zero-order chi connectivity index (χ0) is 8.43. The molecule has 1 N–H and O–H groups in total. The number of rotatable bonds is 2. The van der Waals surface area contributed by atoms with Gasteiger partial charge in [-0.15, -0.1) is 0 Å². The third-order valence-electron chi connectivity index (χ3n) is 2.38. The maximum absolute atomic E-state index is 10.4. The Bertz CT molecular complexity index is 190. The van der Waals surface area contributed by atoms with E-state index in [2.05, 4.69) is 13.8 Å². The maximum Gasteiger partial charge on any atom is 0.303 e. The van der Waals surface area contributed by atoms with Crippen molar-refractivity contribution in [2.75, 3.05) is 0 Å². The Hall–Kier alpha value is -0.790. The van der Waals surface area contributed by atoms with Crippen LogP contribution in [-0.4, -0.2) is 11.1 Å². The van der Waals surface area contributed by atoms with E-state index < -0.39 is 5.97 Å². The van der Waals surface area contributed by atoms with Crippen LogP contribution in [0, 0.1) is 5.92 Å². The van der Waals surface area contributed by atoms with Crippen LogP contribution < -0.4 is 0 Å². The molecule has 62 valence electrons. The molecule has 0 aliphatic heterocycles. The second-order valence-electron chi connectivity index (χ2n) is 3.43. The van der Waals surface area contributed by atoms with E-state index in [1.54, 1.807) is 0 Å². The first-order valence-corrected chi connectivity index (χ1v) is 3.96. The largest absolute Gasteiger partial charge is 0.481 e.